The van der Waals surface area contributed by atoms with E-state index in [1.54, 1.807) is 0 Å². The van der Waals surface area contributed by atoms with Crippen LogP contribution in [0.15, 0.2) is 0 Å². The maximum atomic E-state index is 12.4. The van der Waals surface area contributed by atoms with Crippen LogP contribution in [0.5, 0.6) is 0 Å². The summed E-state index contributed by atoms with van der Waals surface area (Å²) in [5, 5.41) is 13.5. The van der Waals surface area contributed by atoms with Gasteiger partial charge in [0.1, 0.15) is 5.60 Å². The average Bonchev–Trinajstić information content (AvgIpc) is 3.09. The molecular formula is C13H22N2O2. The monoisotopic (exact) mass is 238 g/mol. The van der Waals surface area contributed by atoms with Crippen molar-refractivity contribution in [1.29, 1.82) is 0 Å². The Hall–Kier alpha value is -0.610. The number of nitrogens with one attached hydrogen (secondary N) is 1. The molecule has 1 amide bonds. The molecule has 0 aromatic heterocycles. The van der Waals surface area contributed by atoms with Gasteiger partial charge in [-0.25, -0.2) is 0 Å². The number of β-amino-alcohol motifs (C(OH)–C–C–N with tert-alkyl or cyclic N) is 1. The Bertz CT molecular complexity index is 326. The van der Waals surface area contributed by atoms with Crippen molar-refractivity contribution in [2.75, 3.05) is 26.2 Å². The van der Waals surface area contributed by atoms with Crippen molar-refractivity contribution in [3.8, 4) is 0 Å². The quantitative estimate of drug-likeness (QED) is 0.730. The standard InChI is InChI=1S/C13H22N2O2/c1-12(5-2-6-14-7-12)11(16)15-8-13(17,9-15)10-3-4-10/h10,14,17H,2-9H2,1H3. The summed E-state index contributed by atoms with van der Waals surface area (Å²) in [6.45, 7) is 4.98. The minimum absolute atomic E-state index is 0.232. The fraction of sp³-hybridized carbons (Fsp3) is 0.923. The summed E-state index contributed by atoms with van der Waals surface area (Å²) in [6, 6.07) is 0. The molecule has 4 nitrogen and oxygen atoms in total. The van der Waals surface area contributed by atoms with Crippen molar-refractivity contribution in [1.82, 2.24) is 10.2 Å². The van der Waals surface area contributed by atoms with Gasteiger partial charge in [-0.2, -0.15) is 0 Å². The first kappa shape index (κ1) is 11.5. The van der Waals surface area contributed by atoms with Crippen LogP contribution in [0.4, 0.5) is 0 Å². The third-order valence-corrected chi connectivity index (χ3v) is 4.67. The lowest BCUT2D eigenvalue weighted by Gasteiger charge is -2.50. The van der Waals surface area contributed by atoms with Crippen molar-refractivity contribution < 1.29 is 9.90 Å². The Kier molecular flexibility index (Phi) is 2.49. The molecule has 3 aliphatic rings. The number of aliphatic hydroxyl groups is 1. The molecule has 0 radical (unpaired) electrons. The van der Waals surface area contributed by atoms with E-state index in [2.05, 4.69) is 12.2 Å². The second kappa shape index (κ2) is 3.69. The molecule has 96 valence electrons. The maximum Gasteiger partial charge on any atom is 0.229 e. The van der Waals surface area contributed by atoms with Crippen LogP contribution in [0, 0.1) is 11.3 Å². The van der Waals surface area contributed by atoms with Crippen LogP contribution in [-0.4, -0.2) is 47.7 Å². The van der Waals surface area contributed by atoms with Crippen LogP contribution < -0.4 is 5.32 Å². The van der Waals surface area contributed by atoms with Crippen molar-refractivity contribution >= 4 is 5.91 Å². The molecule has 3 fully saturated rings. The Morgan fingerprint density at radius 2 is 2.12 bits per heavy atom. The third-order valence-electron chi connectivity index (χ3n) is 4.67. The number of likely N-dealkylation sites (tertiary alicyclic amines) is 1. The number of carbonyl (C=O) groups is 1. The second-order valence-corrected chi connectivity index (χ2v) is 6.38. The summed E-state index contributed by atoms with van der Waals surface area (Å²) in [7, 11) is 0. The van der Waals surface area contributed by atoms with E-state index in [4.69, 9.17) is 0 Å². The van der Waals surface area contributed by atoms with E-state index >= 15 is 0 Å². The summed E-state index contributed by atoms with van der Waals surface area (Å²) in [5.74, 6) is 0.693. The number of amides is 1. The molecular weight excluding hydrogens is 216 g/mol. The largest absolute Gasteiger partial charge is 0.386 e. The predicted molar refractivity (Wildman–Crippen MR) is 64.5 cm³/mol. The summed E-state index contributed by atoms with van der Waals surface area (Å²) in [4.78, 5) is 14.3. The highest BCUT2D eigenvalue weighted by Gasteiger charge is 2.55. The molecule has 3 rings (SSSR count). The van der Waals surface area contributed by atoms with Gasteiger partial charge in [0.05, 0.1) is 18.5 Å². The smallest absolute Gasteiger partial charge is 0.229 e. The highest BCUT2D eigenvalue weighted by Crippen LogP contribution is 2.45. The first-order chi connectivity index (χ1) is 8.04. The first-order valence-corrected chi connectivity index (χ1v) is 6.76. The van der Waals surface area contributed by atoms with Gasteiger partial charge in [-0.15, -0.1) is 0 Å². The van der Waals surface area contributed by atoms with Crippen LogP contribution in [0.25, 0.3) is 0 Å². The van der Waals surface area contributed by atoms with E-state index in [0.29, 0.717) is 19.0 Å². The predicted octanol–water partition coefficient (Wildman–Crippen LogP) is 0.359. The van der Waals surface area contributed by atoms with Gasteiger partial charge in [-0.1, -0.05) is 0 Å². The highest BCUT2D eigenvalue weighted by molar-refractivity contribution is 5.83. The van der Waals surface area contributed by atoms with Crippen LogP contribution in [-0.2, 0) is 4.79 Å². The summed E-state index contributed by atoms with van der Waals surface area (Å²) < 4.78 is 0. The Balaban J connectivity index is 1.60. The zero-order valence-corrected chi connectivity index (χ0v) is 10.5. The van der Waals surface area contributed by atoms with Gasteiger partial charge in [0.15, 0.2) is 0 Å². The summed E-state index contributed by atoms with van der Waals surface area (Å²) in [6.07, 6.45) is 4.31. The lowest BCUT2D eigenvalue weighted by molar-refractivity contribution is -0.169. The lowest BCUT2D eigenvalue weighted by Crippen LogP contribution is -2.67. The SMILES string of the molecule is CC1(C(=O)N2CC(O)(C3CC3)C2)CCCNC1. The van der Waals surface area contributed by atoms with Gasteiger partial charge in [0.2, 0.25) is 5.91 Å². The molecule has 4 heteroatoms. The molecule has 2 saturated heterocycles. The molecule has 0 aromatic rings. The zero-order chi connectivity index (χ0) is 12.1. The Morgan fingerprint density at radius 3 is 2.65 bits per heavy atom. The molecule has 17 heavy (non-hydrogen) atoms. The molecule has 0 spiro atoms. The minimum atomic E-state index is -0.548. The summed E-state index contributed by atoms with van der Waals surface area (Å²) >= 11 is 0. The van der Waals surface area contributed by atoms with Crippen LogP contribution in [0.1, 0.15) is 32.6 Å². The minimum Gasteiger partial charge on any atom is -0.386 e. The normalized spacial score (nSPS) is 36.5. The zero-order valence-electron chi connectivity index (χ0n) is 10.5. The van der Waals surface area contributed by atoms with E-state index in [-0.39, 0.29) is 11.3 Å². The Morgan fingerprint density at radius 1 is 1.41 bits per heavy atom. The molecule has 2 aliphatic heterocycles. The number of nitrogens with zero attached hydrogens (tertiary/aromatic N) is 1. The van der Waals surface area contributed by atoms with E-state index in [0.717, 1.165) is 38.8 Å². The van der Waals surface area contributed by atoms with Gasteiger partial charge >= 0.3 is 0 Å². The van der Waals surface area contributed by atoms with E-state index in [1.165, 1.54) is 0 Å². The van der Waals surface area contributed by atoms with Crippen molar-refractivity contribution in [3.05, 3.63) is 0 Å². The number of piperidine rings is 1. The second-order valence-electron chi connectivity index (χ2n) is 6.38. The van der Waals surface area contributed by atoms with Crippen molar-refractivity contribution in [2.45, 2.75) is 38.2 Å². The van der Waals surface area contributed by atoms with E-state index in [1.807, 2.05) is 4.90 Å². The van der Waals surface area contributed by atoms with Crippen LogP contribution in [0.2, 0.25) is 0 Å². The van der Waals surface area contributed by atoms with Crippen molar-refractivity contribution in [2.24, 2.45) is 11.3 Å². The lowest BCUT2D eigenvalue weighted by atomic mass is 9.78. The number of carbonyl (C=O) groups excluding carboxylic acids is 1. The fourth-order valence-corrected chi connectivity index (χ4v) is 3.26. The highest BCUT2D eigenvalue weighted by atomic mass is 16.3. The first-order valence-electron chi connectivity index (χ1n) is 6.76. The average molecular weight is 238 g/mol. The van der Waals surface area contributed by atoms with E-state index < -0.39 is 5.60 Å². The molecule has 0 bridgehead atoms. The summed E-state index contributed by atoms with van der Waals surface area (Å²) in [5.41, 5.74) is -0.794. The molecule has 2 N–H and O–H groups in total. The van der Waals surface area contributed by atoms with Gasteiger partial charge in [-0.05, 0) is 45.1 Å². The fourth-order valence-electron chi connectivity index (χ4n) is 3.26. The molecule has 2 heterocycles. The molecule has 0 aromatic carbocycles. The van der Waals surface area contributed by atoms with Crippen LogP contribution >= 0.6 is 0 Å². The maximum absolute atomic E-state index is 12.4. The number of hydrogen-bond donors (Lipinski definition) is 2. The van der Waals surface area contributed by atoms with E-state index in [9.17, 15) is 9.90 Å². The molecule has 1 atom stereocenters. The van der Waals surface area contributed by atoms with Gasteiger partial charge in [0.25, 0.3) is 0 Å². The number of hydrogen-bond acceptors (Lipinski definition) is 3. The molecule has 1 unspecified atom stereocenters. The topological polar surface area (TPSA) is 52.6 Å². The van der Waals surface area contributed by atoms with Gasteiger partial charge < -0.3 is 15.3 Å². The van der Waals surface area contributed by atoms with Crippen molar-refractivity contribution in [3.63, 3.8) is 0 Å². The number of rotatable bonds is 2. The van der Waals surface area contributed by atoms with Crippen LogP contribution in [0.3, 0.4) is 0 Å². The molecule has 1 aliphatic carbocycles. The Labute approximate surface area is 102 Å². The molecule has 1 saturated carbocycles. The van der Waals surface area contributed by atoms with Gasteiger partial charge in [0, 0.05) is 6.54 Å². The van der Waals surface area contributed by atoms with Gasteiger partial charge in [-0.3, -0.25) is 4.79 Å². The third kappa shape index (κ3) is 1.87.